The van der Waals surface area contributed by atoms with Crippen molar-refractivity contribution < 1.29 is 14.8 Å². The Balaban J connectivity index is 2.32. The second kappa shape index (κ2) is 4.52. The molecule has 8 nitrogen and oxygen atoms in total. The summed E-state index contributed by atoms with van der Waals surface area (Å²) in [6.07, 6.45) is 2.26. The predicted octanol–water partition coefficient (Wildman–Crippen LogP) is 1.45. The number of rotatable bonds is 5. The van der Waals surface area contributed by atoms with Crippen molar-refractivity contribution in [1.29, 1.82) is 0 Å². The van der Waals surface area contributed by atoms with Crippen LogP contribution in [-0.2, 0) is 11.8 Å². The third kappa shape index (κ3) is 2.38. The standard InChI is InChI=1S/C11H16N4O4/c1-7-9(15(18)19)10(14(2)13-7)12-11(4-3-5-11)6-8(16)17/h12H,3-6H2,1-2H3,(H,16,17). The molecular formula is C11H16N4O4. The van der Waals surface area contributed by atoms with Crippen LogP contribution in [0.3, 0.4) is 0 Å². The Bertz CT molecular complexity index is 533. The van der Waals surface area contributed by atoms with Crippen LogP contribution in [0.2, 0.25) is 0 Å². The van der Waals surface area contributed by atoms with E-state index in [4.69, 9.17) is 5.11 Å². The van der Waals surface area contributed by atoms with E-state index in [1.165, 1.54) is 4.68 Å². The first-order valence-corrected chi connectivity index (χ1v) is 6.03. The van der Waals surface area contributed by atoms with E-state index in [0.717, 1.165) is 6.42 Å². The zero-order valence-electron chi connectivity index (χ0n) is 10.8. The van der Waals surface area contributed by atoms with Crippen molar-refractivity contribution >= 4 is 17.5 Å². The fourth-order valence-electron chi connectivity index (χ4n) is 2.50. The van der Waals surface area contributed by atoms with Crippen LogP contribution in [0, 0.1) is 17.0 Å². The number of hydrogen-bond acceptors (Lipinski definition) is 5. The highest BCUT2D eigenvalue weighted by Crippen LogP contribution is 2.40. The van der Waals surface area contributed by atoms with Crippen LogP contribution in [0.15, 0.2) is 0 Å². The van der Waals surface area contributed by atoms with Crippen LogP contribution < -0.4 is 5.32 Å². The molecule has 1 aliphatic carbocycles. The number of anilines is 1. The lowest BCUT2D eigenvalue weighted by Crippen LogP contribution is -2.47. The Morgan fingerprint density at radius 3 is 2.68 bits per heavy atom. The Morgan fingerprint density at radius 2 is 2.26 bits per heavy atom. The molecule has 0 radical (unpaired) electrons. The van der Waals surface area contributed by atoms with Gasteiger partial charge in [-0.05, 0) is 26.2 Å². The summed E-state index contributed by atoms with van der Waals surface area (Å²) in [6.45, 7) is 1.56. The quantitative estimate of drug-likeness (QED) is 0.617. The summed E-state index contributed by atoms with van der Waals surface area (Å²) in [5, 5.41) is 27.1. The van der Waals surface area contributed by atoms with E-state index >= 15 is 0 Å². The minimum atomic E-state index is -0.909. The number of aryl methyl sites for hydroxylation is 2. The van der Waals surface area contributed by atoms with Crippen LogP contribution in [-0.4, -0.2) is 31.3 Å². The number of aliphatic carboxylic acids is 1. The van der Waals surface area contributed by atoms with Gasteiger partial charge in [0.25, 0.3) is 0 Å². The average molecular weight is 268 g/mol. The minimum Gasteiger partial charge on any atom is -0.481 e. The lowest BCUT2D eigenvalue weighted by molar-refractivity contribution is -0.384. The van der Waals surface area contributed by atoms with Crippen molar-refractivity contribution in [2.75, 3.05) is 5.32 Å². The maximum atomic E-state index is 11.1. The maximum absolute atomic E-state index is 11.1. The summed E-state index contributed by atoms with van der Waals surface area (Å²) in [5.74, 6) is -0.628. The van der Waals surface area contributed by atoms with Gasteiger partial charge in [-0.1, -0.05) is 0 Å². The first-order valence-electron chi connectivity index (χ1n) is 6.03. The van der Waals surface area contributed by atoms with E-state index in [0.29, 0.717) is 18.5 Å². The van der Waals surface area contributed by atoms with E-state index in [9.17, 15) is 14.9 Å². The monoisotopic (exact) mass is 268 g/mol. The Hall–Kier alpha value is -2.12. The molecule has 0 unspecified atom stereocenters. The van der Waals surface area contributed by atoms with Gasteiger partial charge in [0, 0.05) is 12.6 Å². The summed E-state index contributed by atoms with van der Waals surface area (Å²) < 4.78 is 1.40. The number of nitrogens with zero attached hydrogens (tertiary/aromatic N) is 3. The van der Waals surface area contributed by atoms with Crippen molar-refractivity contribution in [2.45, 2.75) is 38.1 Å². The molecular weight excluding hydrogens is 252 g/mol. The normalized spacial score (nSPS) is 16.7. The second-order valence-corrected chi connectivity index (χ2v) is 4.99. The predicted molar refractivity (Wildman–Crippen MR) is 67.1 cm³/mol. The summed E-state index contributed by atoms with van der Waals surface area (Å²) in [6, 6.07) is 0. The first kappa shape index (κ1) is 13.3. The van der Waals surface area contributed by atoms with Gasteiger partial charge in [0.1, 0.15) is 5.69 Å². The van der Waals surface area contributed by atoms with Gasteiger partial charge in [-0.2, -0.15) is 5.10 Å². The van der Waals surface area contributed by atoms with Crippen molar-refractivity contribution in [2.24, 2.45) is 7.05 Å². The number of nitro groups is 1. The molecule has 0 spiro atoms. The maximum Gasteiger partial charge on any atom is 0.333 e. The fraction of sp³-hybridized carbons (Fsp3) is 0.636. The van der Waals surface area contributed by atoms with Gasteiger partial charge < -0.3 is 10.4 Å². The van der Waals surface area contributed by atoms with Gasteiger partial charge in [-0.25, -0.2) is 4.68 Å². The third-order valence-corrected chi connectivity index (χ3v) is 3.56. The van der Waals surface area contributed by atoms with Crippen molar-refractivity contribution in [3.05, 3.63) is 15.8 Å². The van der Waals surface area contributed by atoms with E-state index < -0.39 is 16.4 Å². The van der Waals surface area contributed by atoms with Gasteiger partial charge >= 0.3 is 11.7 Å². The molecule has 0 bridgehead atoms. The molecule has 0 aliphatic heterocycles. The lowest BCUT2D eigenvalue weighted by atomic mass is 9.74. The van der Waals surface area contributed by atoms with Crippen LogP contribution in [0.4, 0.5) is 11.5 Å². The molecule has 1 heterocycles. The molecule has 0 aromatic carbocycles. The first-order chi connectivity index (χ1) is 8.84. The third-order valence-electron chi connectivity index (χ3n) is 3.56. The molecule has 2 rings (SSSR count). The number of carbonyl (C=O) groups is 1. The van der Waals surface area contributed by atoms with E-state index in [-0.39, 0.29) is 17.9 Å². The zero-order valence-corrected chi connectivity index (χ0v) is 10.8. The largest absolute Gasteiger partial charge is 0.481 e. The molecule has 0 amide bonds. The topological polar surface area (TPSA) is 110 Å². The zero-order chi connectivity index (χ0) is 14.2. The highest BCUT2D eigenvalue weighted by molar-refractivity contribution is 5.71. The highest BCUT2D eigenvalue weighted by Gasteiger charge is 2.41. The fourth-order valence-corrected chi connectivity index (χ4v) is 2.50. The molecule has 1 aromatic rings. The molecule has 1 aliphatic rings. The molecule has 1 fully saturated rings. The van der Waals surface area contributed by atoms with Crippen LogP contribution in [0.5, 0.6) is 0 Å². The van der Waals surface area contributed by atoms with Crippen LogP contribution in [0.1, 0.15) is 31.4 Å². The Morgan fingerprint density at radius 1 is 1.63 bits per heavy atom. The summed E-state index contributed by atoms with van der Waals surface area (Å²) >= 11 is 0. The number of carboxylic acid groups (broad SMARTS) is 1. The van der Waals surface area contributed by atoms with Crippen LogP contribution >= 0.6 is 0 Å². The molecule has 8 heteroatoms. The highest BCUT2D eigenvalue weighted by atomic mass is 16.6. The summed E-state index contributed by atoms with van der Waals surface area (Å²) in [4.78, 5) is 21.5. The van der Waals surface area contributed by atoms with Crippen molar-refractivity contribution in [1.82, 2.24) is 9.78 Å². The molecule has 1 saturated carbocycles. The lowest BCUT2D eigenvalue weighted by Gasteiger charge is -2.41. The van der Waals surface area contributed by atoms with Gasteiger partial charge in [-0.15, -0.1) is 0 Å². The summed E-state index contributed by atoms with van der Waals surface area (Å²) in [5.41, 5.74) is -0.351. The van der Waals surface area contributed by atoms with Gasteiger partial charge in [0.2, 0.25) is 5.82 Å². The van der Waals surface area contributed by atoms with E-state index in [1.54, 1.807) is 14.0 Å². The average Bonchev–Trinajstić information content (AvgIpc) is 2.49. The van der Waals surface area contributed by atoms with Gasteiger partial charge in [0.05, 0.1) is 11.3 Å². The Kier molecular flexibility index (Phi) is 3.17. The second-order valence-electron chi connectivity index (χ2n) is 4.99. The summed E-state index contributed by atoms with van der Waals surface area (Å²) in [7, 11) is 1.61. The van der Waals surface area contributed by atoms with E-state index in [1.807, 2.05) is 0 Å². The molecule has 0 atom stereocenters. The van der Waals surface area contributed by atoms with Gasteiger partial charge in [-0.3, -0.25) is 14.9 Å². The van der Waals surface area contributed by atoms with Crippen molar-refractivity contribution in [3.8, 4) is 0 Å². The SMILES string of the molecule is Cc1nn(C)c(NC2(CC(=O)O)CCC2)c1[N+](=O)[O-]. The number of aromatic nitrogens is 2. The van der Waals surface area contributed by atoms with E-state index in [2.05, 4.69) is 10.4 Å². The minimum absolute atomic E-state index is 0.0472. The number of hydrogen-bond donors (Lipinski definition) is 2. The Labute approximate surface area is 109 Å². The van der Waals surface area contributed by atoms with Crippen LogP contribution in [0.25, 0.3) is 0 Å². The van der Waals surface area contributed by atoms with Crippen molar-refractivity contribution in [3.63, 3.8) is 0 Å². The van der Waals surface area contributed by atoms with Gasteiger partial charge in [0.15, 0.2) is 0 Å². The molecule has 1 aromatic heterocycles. The molecule has 2 N–H and O–H groups in total. The molecule has 104 valence electrons. The number of carboxylic acids is 1. The molecule has 19 heavy (non-hydrogen) atoms. The molecule has 0 saturated heterocycles. The smallest absolute Gasteiger partial charge is 0.333 e. The number of nitrogens with one attached hydrogen (secondary N) is 1.